The second-order valence-corrected chi connectivity index (χ2v) is 7.04. The van der Waals surface area contributed by atoms with Crippen molar-refractivity contribution in [3.05, 3.63) is 89.4 Å². The molecule has 0 radical (unpaired) electrons. The summed E-state index contributed by atoms with van der Waals surface area (Å²) in [5.74, 6) is 0.530. The third kappa shape index (κ3) is 6.15. The van der Waals surface area contributed by atoms with Gasteiger partial charge in [0.05, 0.1) is 0 Å². The van der Waals surface area contributed by atoms with E-state index in [1.807, 2.05) is 50.2 Å². The zero-order chi connectivity index (χ0) is 19.8. The smallest absolute Gasteiger partial charge is 0.213 e. The largest absolute Gasteiger partial charge is 0.475 e. The molecule has 2 aromatic heterocycles. The first kappa shape index (κ1) is 20.0. The molecule has 0 aliphatic carbocycles. The lowest BCUT2D eigenvalue weighted by Crippen LogP contribution is -2.35. The molecule has 0 bridgehead atoms. The van der Waals surface area contributed by atoms with Gasteiger partial charge in [0.15, 0.2) is 0 Å². The Morgan fingerprint density at radius 2 is 1.79 bits per heavy atom. The van der Waals surface area contributed by atoms with Gasteiger partial charge >= 0.3 is 0 Å². The quantitative estimate of drug-likeness (QED) is 0.618. The first-order chi connectivity index (χ1) is 13.6. The molecular weight excluding hydrogens is 350 g/mol. The highest BCUT2D eigenvalue weighted by molar-refractivity contribution is 5.19. The molecule has 0 saturated heterocycles. The van der Waals surface area contributed by atoms with Crippen LogP contribution in [0.2, 0.25) is 0 Å². The average molecular weight is 377 g/mol. The van der Waals surface area contributed by atoms with Crippen LogP contribution in [0.25, 0.3) is 0 Å². The van der Waals surface area contributed by atoms with Gasteiger partial charge in [-0.2, -0.15) is 0 Å². The maximum absolute atomic E-state index is 10.6. The molecule has 1 aromatic carbocycles. The second kappa shape index (κ2) is 9.97. The molecule has 0 saturated carbocycles. The fraction of sp³-hybridized carbons (Fsp3) is 0.304. The van der Waals surface area contributed by atoms with Crippen LogP contribution in [0, 0.1) is 13.8 Å². The lowest BCUT2D eigenvalue weighted by molar-refractivity contribution is 0.0612. The van der Waals surface area contributed by atoms with Crippen LogP contribution in [0.1, 0.15) is 22.4 Å². The number of aromatic nitrogens is 2. The molecule has 0 aliphatic heterocycles. The SMILES string of the molecule is Cc1ccc(OCC(O)CN(Cc2ccccc2)Cc2cccnc2C)nc1. The van der Waals surface area contributed by atoms with Gasteiger partial charge < -0.3 is 9.84 Å². The Balaban J connectivity index is 1.63. The molecular formula is C23H27N3O2. The van der Waals surface area contributed by atoms with E-state index in [-0.39, 0.29) is 6.61 Å². The average Bonchev–Trinajstić information content (AvgIpc) is 2.70. The summed E-state index contributed by atoms with van der Waals surface area (Å²) in [6.07, 6.45) is 2.94. The van der Waals surface area contributed by atoms with Crippen molar-refractivity contribution in [2.24, 2.45) is 0 Å². The Morgan fingerprint density at radius 1 is 0.964 bits per heavy atom. The van der Waals surface area contributed by atoms with Crippen LogP contribution in [-0.2, 0) is 13.1 Å². The summed E-state index contributed by atoms with van der Waals surface area (Å²) in [7, 11) is 0. The lowest BCUT2D eigenvalue weighted by atomic mass is 10.1. The van der Waals surface area contributed by atoms with Crippen LogP contribution in [0.3, 0.4) is 0 Å². The van der Waals surface area contributed by atoms with E-state index in [4.69, 9.17) is 4.74 Å². The number of ether oxygens (including phenoxy) is 1. The van der Waals surface area contributed by atoms with Crippen molar-refractivity contribution in [2.45, 2.75) is 33.0 Å². The minimum atomic E-state index is -0.621. The van der Waals surface area contributed by atoms with Crippen molar-refractivity contribution in [2.75, 3.05) is 13.2 Å². The van der Waals surface area contributed by atoms with E-state index < -0.39 is 6.10 Å². The summed E-state index contributed by atoms with van der Waals surface area (Å²) >= 11 is 0. The topological polar surface area (TPSA) is 58.5 Å². The molecule has 0 spiro atoms. The van der Waals surface area contributed by atoms with E-state index >= 15 is 0 Å². The highest BCUT2D eigenvalue weighted by Crippen LogP contribution is 2.13. The molecule has 1 unspecified atom stereocenters. The van der Waals surface area contributed by atoms with Crippen LogP contribution in [0.4, 0.5) is 0 Å². The number of aryl methyl sites for hydroxylation is 2. The summed E-state index contributed by atoms with van der Waals surface area (Å²) in [6.45, 7) is 6.15. The summed E-state index contributed by atoms with van der Waals surface area (Å²) in [6, 6.07) is 18.1. The lowest BCUT2D eigenvalue weighted by Gasteiger charge is -2.26. The molecule has 5 heteroatoms. The highest BCUT2D eigenvalue weighted by Gasteiger charge is 2.15. The molecule has 0 amide bonds. The number of aliphatic hydroxyl groups excluding tert-OH is 1. The Hall–Kier alpha value is -2.76. The third-order valence-electron chi connectivity index (χ3n) is 4.54. The van der Waals surface area contributed by atoms with E-state index in [1.165, 1.54) is 5.56 Å². The number of nitrogens with zero attached hydrogens (tertiary/aromatic N) is 3. The van der Waals surface area contributed by atoms with Crippen LogP contribution in [-0.4, -0.2) is 39.2 Å². The van der Waals surface area contributed by atoms with Crippen LogP contribution in [0.5, 0.6) is 5.88 Å². The minimum absolute atomic E-state index is 0.202. The minimum Gasteiger partial charge on any atom is -0.475 e. The Kier molecular flexibility index (Phi) is 7.12. The van der Waals surface area contributed by atoms with E-state index in [1.54, 1.807) is 12.4 Å². The summed E-state index contributed by atoms with van der Waals surface area (Å²) in [5.41, 5.74) is 4.45. The maximum atomic E-state index is 10.6. The second-order valence-electron chi connectivity index (χ2n) is 7.04. The Labute approximate surface area is 166 Å². The van der Waals surface area contributed by atoms with Gasteiger partial charge in [-0.05, 0) is 36.6 Å². The number of hydrogen-bond donors (Lipinski definition) is 1. The van der Waals surface area contributed by atoms with Crippen molar-refractivity contribution < 1.29 is 9.84 Å². The van der Waals surface area contributed by atoms with Crippen molar-refractivity contribution in [1.82, 2.24) is 14.9 Å². The van der Waals surface area contributed by atoms with Gasteiger partial charge in [-0.15, -0.1) is 0 Å². The molecule has 146 valence electrons. The van der Waals surface area contributed by atoms with Crippen molar-refractivity contribution in [3.63, 3.8) is 0 Å². The molecule has 3 rings (SSSR count). The third-order valence-corrected chi connectivity index (χ3v) is 4.54. The summed E-state index contributed by atoms with van der Waals surface area (Å²) in [5, 5.41) is 10.6. The van der Waals surface area contributed by atoms with E-state index in [2.05, 4.69) is 33.1 Å². The van der Waals surface area contributed by atoms with Gasteiger partial charge in [-0.25, -0.2) is 4.98 Å². The van der Waals surface area contributed by atoms with Gasteiger partial charge in [-0.3, -0.25) is 9.88 Å². The summed E-state index contributed by atoms with van der Waals surface area (Å²) in [4.78, 5) is 10.8. The van der Waals surface area contributed by atoms with Crippen molar-refractivity contribution >= 4 is 0 Å². The number of benzene rings is 1. The van der Waals surface area contributed by atoms with Crippen LogP contribution >= 0.6 is 0 Å². The molecule has 2 heterocycles. The monoisotopic (exact) mass is 377 g/mol. The predicted octanol–water partition coefficient (Wildman–Crippen LogP) is 3.54. The molecule has 3 aromatic rings. The van der Waals surface area contributed by atoms with E-state index in [0.29, 0.717) is 19.0 Å². The van der Waals surface area contributed by atoms with Gasteiger partial charge in [0.2, 0.25) is 5.88 Å². The molecule has 1 atom stereocenters. The molecule has 1 N–H and O–H groups in total. The molecule has 5 nitrogen and oxygen atoms in total. The Bertz CT molecular complexity index is 853. The maximum Gasteiger partial charge on any atom is 0.213 e. The van der Waals surface area contributed by atoms with Crippen LogP contribution < -0.4 is 4.74 Å². The van der Waals surface area contributed by atoms with Gasteiger partial charge in [-0.1, -0.05) is 42.5 Å². The van der Waals surface area contributed by atoms with Gasteiger partial charge in [0, 0.05) is 43.8 Å². The normalized spacial score (nSPS) is 12.1. The standard InChI is InChI=1S/C23H27N3O2/c1-18-10-11-23(25-13-18)28-17-22(27)16-26(14-20-7-4-3-5-8-20)15-21-9-6-12-24-19(21)2/h3-13,22,27H,14-17H2,1-2H3. The number of hydrogen-bond acceptors (Lipinski definition) is 5. The molecule has 0 aliphatic rings. The molecule has 28 heavy (non-hydrogen) atoms. The number of aliphatic hydroxyl groups is 1. The zero-order valence-electron chi connectivity index (χ0n) is 16.5. The summed E-state index contributed by atoms with van der Waals surface area (Å²) < 4.78 is 5.65. The zero-order valence-corrected chi connectivity index (χ0v) is 16.5. The van der Waals surface area contributed by atoms with Crippen molar-refractivity contribution in [1.29, 1.82) is 0 Å². The van der Waals surface area contributed by atoms with E-state index in [0.717, 1.165) is 23.4 Å². The van der Waals surface area contributed by atoms with Crippen LogP contribution in [0.15, 0.2) is 67.0 Å². The van der Waals surface area contributed by atoms with Gasteiger partial charge in [0.1, 0.15) is 12.7 Å². The Morgan fingerprint density at radius 3 is 2.50 bits per heavy atom. The number of rotatable bonds is 9. The highest BCUT2D eigenvalue weighted by atomic mass is 16.5. The fourth-order valence-electron chi connectivity index (χ4n) is 3.02. The van der Waals surface area contributed by atoms with E-state index in [9.17, 15) is 5.11 Å². The fourth-order valence-corrected chi connectivity index (χ4v) is 3.02. The molecule has 0 fully saturated rings. The van der Waals surface area contributed by atoms with Crippen molar-refractivity contribution in [3.8, 4) is 5.88 Å². The number of pyridine rings is 2. The first-order valence-corrected chi connectivity index (χ1v) is 9.50. The van der Waals surface area contributed by atoms with Gasteiger partial charge in [0.25, 0.3) is 0 Å². The first-order valence-electron chi connectivity index (χ1n) is 9.50. The predicted molar refractivity (Wildman–Crippen MR) is 110 cm³/mol.